The van der Waals surface area contributed by atoms with Crippen LogP contribution >= 0.6 is 0 Å². The molecule has 2 rings (SSSR count). The Balaban J connectivity index is 1.84. The van der Waals surface area contributed by atoms with Gasteiger partial charge in [0.05, 0.1) is 43.2 Å². The largest absolute Gasteiger partial charge is 0.393 e. The van der Waals surface area contributed by atoms with Crippen LogP contribution in [0.1, 0.15) is 33.1 Å². The fourth-order valence-electron chi connectivity index (χ4n) is 2.81. The molecule has 0 bridgehead atoms. The van der Waals surface area contributed by atoms with Gasteiger partial charge in [-0.1, -0.05) is 0 Å². The van der Waals surface area contributed by atoms with Gasteiger partial charge < -0.3 is 34.3 Å². The van der Waals surface area contributed by atoms with Gasteiger partial charge >= 0.3 is 0 Å². The summed E-state index contributed by atoms with van der Waals surface area (Å²) in [5, 5.41) is 29.2. The standard InChI is InChI=1S/C15H28O7/c1-15(2,19-3)13-6-9(16)4-11(22-13)8-21-14-12(18)5-10(17)7-20-14/h9-14,16-18H,4-8H2,1-3H3/t9-,10-,11-,12+,13?,14?/m0/s1. The molecule has 0 amide bonds. The van der Waals surface area contributed by atoms with Crippen molar-refractivity contribution in [2.24, 2.45) is 0 Å². The first-order valence-electron chi connectivity index (χ1n) is 7.80. The molecule has 3 N–H and O–H groups in total. The van der Waals surface area contributed by atoms with Gasteiger partial charge in [0.2, 0.25) is 0 Å². The predicted molar refractivity (Wildman–Crippen MR) is 77.3 cm³/mol. The van der Waals surface area contributed by atoms with Crippen molar-refractivity contribution >= 4 is 0 Å². The van der Waals surface area contributed by atoms with E-state index in [-0.39, 0.29) is 31.8 Å². The highest BCUT2D eigenvalue weighted by Gasteiger charge is 2.39. The van der Waals surface area contributed by atoms with Crippen LogP contribution in [0.3, 0.4) is 0 Å². The Morgan fingerprint density at radius 3 is 2.45 bits per heavy atom. The first-order chi connectivity index (χ1) is 10.3. The Morgan fingerprint density at radius 1 is 1.09 bits per heavy atom. The van der Waals surface area contributed by atoms with Crippen LogP contribution in [0.25, 0.3) is 0 Å². The first kappa shape index (κ1) is 18.1. The molecule has 130 valence electrons. The number of aliphatic hydroxyl groups excluding tert-OH is 3. The van der Waals surface area contributed by atoms with Crippen LogP contribution in [0.15, 0.2) is 0 Å². The maximum absolute atomic E-state index is 10.0. The fourth-order valence-corrected chi connectivity index (χ4v) is 2.81. The molecule has 7 nitrogen and oxygen atoms in total. The highest BCUT2D eigenvalue weighted by molar-refractivity contribution is 4.88. The summed E-state index contributed by atoms with van der Waals surface area (Å²) in [4.78, 5) is 0. The van der Waals surface area contributed by atoms with Gasteiger partial charge in [0, 0.05) is 26.4 Å². The van der Waals surface area contributed by atoms with Crippen molar-refractivity contribution in [3.05, 3.63) is 0 Å². The summed E-state index contributed by atoms with van der Waals surface area (Å²) >= 11 is 0. The smallest absolute Gasteiger partial charge is 0.183 e. The van der Waals surface area contributed by atoms with E-state index in [2.05, 4.69) is 0 Å². The van der Waals surface area contributed by atoms with E-state index in [0.717, 1.165) is 0 Å². The Morgan fingerprint density at radius 2 is 1.82 bits per heavy atom. The molecular formula is C15H28O7. The fraction of sp³-hybridized carbons (Fsp3) is 1.00. The van der Waals surface area contributed by atoms with Gasteiger partial charge in [-0.25, -0.2) is 0 Å². The Bertz CT molecular complexity index is 349. The van der Waals surface area contributed by atoms with Crippen molar-refractivity contribution in [2.75, 3.05) is 20.3 Å². The molecular weight excluding hydrogens is 292 g/mol. The molecule has 2 aliphatic rings. The van der Waals surface area contributed by atoms with Crippen molar-refractivity contribution in [3.8, 4) is 0 Å². The molecule has 2 saturated heterocycles. The summed E-state index contributed by atoms with van der Waals surface area (Å²) in [5.74, 6) is 0. The second kappa shape index (κ2) is 7.53. The third kappa shape index (κ3) is 4.61. The highest BCUT2D eigenvalue weighted by atomic mass is 16.7. The lowest BCUT2D eigenvalue weighted by molar-refractivity contribution is -0.256. The van der Waals surface area contributed by atoms with E-state index in [1.807, 2.05) is 13.8 Å². The lowest BCUT2D eigenvalue weighted by atomic mass is 9.91. The minimum Gasteiger partial charge on any atom is -0.393 e. The molecule has 0 radical (unpaired) electrons. The monoisotopic (exact) mass is 320 g/mol. The maximum atomic E-state index is 10.0. The zero-order valence-corrected chi connectivity index (χ0v) is 13.5. The van der Waals surface area contributed by atoms with E-state index in [4.69, 9.17) is 18.9 Å². The number of hydrogen-bond donors (Lipinski definition) is 3. The van der Waals surface area contributed by atoms with Crippen LogP contribution in [-0.4, -0.2) is 78.1 Å². The lowest BCUT2D eigenvalue weighted by Gasteiger charge is -2.41. The summed E-state index contributed by atoms with van der Waals surface area (Å²) in [6.45, 7) is 4.20. The SMILES string of the molecule is COC(C)(C)C1C[C@@H](O)C[C@@H](COC2OC[C@@H](O)C[C@H]2O)O1. The summed E-state index contributed by atoms with van der Waals surface area (Å²) in [7, 11) is 1.62. The molecule has 0 aromatic carbocycles. The van der Waals surface area contributed by atoms with Gasteiger partial charge in [0.15, 0.2) is 6.29 Å². The minimum atomic E-state index is -0.858. The van der Waals surface area contributed by atoms with E-state index in [0.29, 0.717) is 12.8 Å². The number of ether oxygens (including phenoxy) is 4. The van der Waals surface area contributed by atoms with Crippen molar-refractivity contribution in [2.45, 2.75) is 75.5 Å². The van der Waals surface area contributed by atoms with Crippen LogP contribution in [0.4, 0.5) is 0 Å². The molecule has 7 heteroatoms. The molecule has 2 unspecified atom stereocenters. The maximum Gasteiger partial charge on any atom is 0.183 e. The van der Waals surface area contributed by atoms with Crippen molar-refractivity contribution in [1.82, 2.24) is 0 Å². The van der Waals surface area contributed by atoms with Gasteiger partial charge in [-0.15, -0.1) is 0 Å². The predicted octanol–water partition coefficient (Wildman–Crippen LogP) is -0.195. The van der Waals surface area contributed by atoms with Gasteiger partial charge in [0.25, 0.3) is 0 Å². The van der Waals surface area contributed by atoms with Crippen LogP contribution < -0.4 is 0 Å². The Hall–Kier alpha value is -0.280. The average molecular weight is 320 g/mol. The van der Waals surface area contributed by atoms with E-state index < -0.39 is 30.2 Å². The van der Waals surface area contributed by atoms with Crippen molar-refractivity contribution in [1.29, 1.82) is 0 Å². The molecule has 0 spiro atoms. The molecule has 2 fully saturated rings. The zero-order chi connectivity index (χ0) is 16.3. The molecule has 2 heterocycles. The molecule has 0 aromatic heterocycles. The summed E-state index contributed by atoms with van der Waals surface area (Å²) < 4.78 is 22.2. The highest BCUT2D eigenvalue weighted by Crippen LogP contribution is 2.29. The van der Waals surface area contributed by atoms with Gasteiger partial charge in [-0.05, 0) is 13.8 Å². The van der Waals surface area contributed by atoms with Crippen molar-refractivity contribution < 1.29 is 34.3 Å². The quantitative estimate of drug-likeness (QED) is 0.645. The molecule has 22 heavy (non-hydrogen) atoms. The first-order valence-corrected chi connectivity index (χ1v) is 7.80. The number of hydrogen-bond acceptors (Lipinski definition) is 7. The van der Waals surface area contributed by atoms with Crippen LogP contribution in [0.2, 0.25) is 0 Å². The average Bonchev–Trinajstić information content (AvgIpc) is 2.46. The number of aliphatic hydroxyl groups is 3. The topological polar surface area (TPSA) is 97.6 Å². The van der Waals surface area contributed by atoms with Gasteiger partial charge in [-0.2, -0.15) is 0 Å². The number of methoxy groups -OCH3 is 1. The molecule has 6 atom stereocenters. The van der Waals surface area contributed by atoms with Crippen LogP contribution in [0, 0.1) is 0 Å². The summed E-state index contributed by atoms with van der Waals surface area (Å²) in [6, 6.07) is 0. The second-order valence-electron chi connectivity index (χ2n) is 6.67. The van der Waals surface area contributed by atoms with E-state index in [9.17, 15) is 15.3 Å². The third-order valence-corrected chi connectivity index (χ3v) is 4.41. The van der Waals surface area contributed by atoms with E-state index >= 15 is 0 Å². The Kier molecular flexibility index (Phi) is 6.18. The molecule has 0 saturated carbocycles. The van der Waals surface area contributed by atoms with Crippen LogP contribution in [0.5, 0.6) is 0 Å². The molecule has 2 aliphatic heterocycles. The lowest BCUT2D eigenvalue weighted by Crippen LogP contribution is -2.50. The molecule has 0 aliphatic carbocycles. The van der Waals surface area contributed by atoms with Gasteiger partial charge in [0.1, 0.15) is 6.10 Å². The summed E-state index contributed by atoms with van der Waals surface area (Å²) in [5.41, 5.74) is -0.495. The molecule has 0 aromatic rings. The van der Waals surface area contributed by atoms with Crippen molar-refractivity contribution in [3.63, 3.8) is 0 Å². The zero-order valence-electron chi connectivity index (χ0n) is 13.5. The van der Waals surface area contributed by atoms with E-state index in [1.54, 1.807) is 7.11 Å². The second-order valence-corrected chi connectivity index (χ2v) is 6.67. The summed E-state index contributed by atoms with van der Waals surface area (Å²) in [6.07, 6.45) is -2.04. The van der Waals surface area contributed by atoms with Crippen LogP contribution in [-0.2, 0) is 18.9 Å². The normalized spacial score (nSPS) is 40.6. The van der Waals surface area contributed by atoms with E-state index in [1.165, 1.54) is 0 Å². The minimum absolute atomic E-state index is 0.148. The van der Waals surface area contributed by atoms with Gasteiger partial charge in [-0.3, -0.25) is 0 Å². The number of rotatable bonds is 5. The Labute approximate surface area is 131 Å². The third-order valence-electron chi connectivity index (χ3n) is 4.41.